The van der Waals surface area contributed by atoms with Crippen molar-refractivity contribution >= 4 is 39.5 Å². The second-order valence-electron chi connectivity index (χ2n) is 12.5. The zero-order valence-corrected chi connectivity index (χ0v) is 26.9. The molecule has 1 unspecified atom stereocenters. The van der Waals surface area contributed by atoms with E-state index in [1.165, 1.54) is 11.0 Å². The fourth-order valence-corrected chi connectivity index (χ4v) is 6.54. The van der Waals surface area contributed by atoms with Crippen LogP contribution in [0.1, 0.15) is 50.7 Å². The Labute approximate surface area is 269 Å². The highest BCUT2D eigenvalue weighted by molar-refractivity contribution is 9.10. The van der Waals surface area contributed by atoms with Crippen molar-refractivity contribution in [2.75, 3.05) is 44.2 Å². The van der Waals surface area contributed by atoms with Crippen LogP contribution >= 0.6 is 15.9 Å². The van der Waals surface area contributed by atoms with Gasteiger partial charge in [0, 0.05) is 68.1 Å². The van der Waals surface area contributed by atoms with E-state index in [0.29, 0.717) is 37.4 Å². The van der Waals surface area contributed by atoms with E-state index < -0.39 is 23.4 Å². The first-order valence-electron chi connectivity index (χ1n) is 15.2. The minimum absolute atomic E-state index is 0.0245. The van der Waals surface area contributed by atoms with E-state index in [1.807, 2.05) is 18.2 Å². The number of piperidine rings is 1. The van der Waals surface area contributed by atoms with Gasteiger partial charge in [0.15, 0.2) is 5.60 Å². The van der Waals surface area contributed by atoms with Crippen LogP contribution in [0.3, 0.4) is 0 Å². The Morgan fingerprint density at radius 2 is 1.67 bits per heavy atom. The first-order valence-corrected chi connectivity index (χ1v) is 16.0. The summed E-state index contributed by atoms with van der Waals surface area (Å²) in [6.07, 6.45) is -2.34. The lowest BCUT2D eigenvalue weighted by Crippen LogP contribution is -2.56. The molecule has 0 aromatic heterocycles. The van der Waals surface area contributed by atoms with Crippen LogP contribution in [-0.2, 0) is 22.3 Å². The molecule has 244 valence electrons. The quantitative estimate of drug-likeness (QED) is 0.373. The van der Waals surface area contributed by atoms with Gasteiger partial charge < -0.3 is 29.4 Å². The monoisotopic (exact) mass is 694 g/mol. The number of alkyl halides is 3. The molecule has 0 spiro atoms. The number of rotatable bonds is 8. The minimum atomic E-state index is -4.49. The molecule has 3 fully saturated rings. The standard InChI is InChI=1S/C32H38BrF3N4O5/c1-31(2,29(42)37-13-15-38(16-14-37)30(43)44)45-25-7-3-6-24(18-25)39-12-4-5-22(20-39)28(41)40(23-9-10-23)19-21-8-11-27(33)26(17-21)32(34,35)36/h3,6-8,11,17-18,22-23H,4-5,9-10,12-16,19-20H2,1-2H3,(H,43,44). The molecule has 0 radical (unpaired) electrons. The fourth-order valence-electron chi connectivity index (χ4n) is 6.07. The van der Waals surface area contributed by atoms with Crippen LogP contribution in [0.25, 0.3) is 0 Å². The molecule has 1 aliphatic carbocycles. The normalized spacial score (nSPS) is 19.3. The van der Waals surface area contributed by atoms with E-state index in [-0.39, 0.29) is 47.9 Å². The van der Waals surface area contributed by atoms with Crippen LogP contribution in [0, 0.1) is 5.92 Å². The molecule has 45 heavy (non-hydrogen) atoms. The summed E-state index contributed by atoms with van der Waals surface area (Å²) in [5.74, 6) is -0.0709. The van der Waals surface area contributed by atoms with Crippen LogP contribution in [-0.4, -0.2) is 88.6 Å². The van der Waals surface area contributed by atoms with E-state index in [0.717, 1.165) is 37.6 Å². The predicted molar refractivity (Wildman–Crippen MR) is 165 cm³/mol. The number of carbonyl (C=O) groups excluding carboxylic acids is 2. The van der Waals surface area contributed by atoms with Crippen molar-refractivity contribution in [2.45, 2.75) is 63.9 Å². The Kier molecular flexibility index (Phi) is 9.57. The van der Waals surface area contributed by atoms with Crippen LogP contribution in [0.5, 0.6) is 5.75 Å². The summed E-state index contributed by atoms with van der Waals surface area (Å²) in [7, 11) is 0. The molecule has 2 aromatic carbocycles. The number of carbonyl (C=O) groups is 3. The molecule has 3 amide bonds. The van der Waals surface area contributed by atoms with Crippen LogP contribution in [0.2, 0.25) is 0 Å². The van der Waals surface area contributed by atoms with Gasteiger partial charge in [-0.15, -0.1) is 0 Å². The molecule has 9 nitrogen and oxygen atoms in total. The summed E-state index contributed by atoms with van der Waals surface area (Å²) in [4.78, 5) is 45.1. The smallest absolute Gasteiger partial charge is 0.417 e. The predicted octanol–water partition coefficient (Wildman–Crippen LogP) is 5.86. The zero-order valence-electron chi connectivity index (χ0n) is 25.4. The minimum Gasteiger partial charge on any atom is -0.478 e. The van der Waals surface area contributed by atoms with Crippen molar-refractivity contribution in [3.63, 3.8) is 0 Å². The maximum atomic E-state index is 13.8. The lowest BCUT2D eigenvalue weighted by atomic mass is 9.95. The number of piperazine rings is 1. The average molecular weight is 696 g/mol. The SMILES string of the molecule is CC(C)(Oc1cccc(N2CCCC(C(=O)N(Cc3ccc(Br)c(C(F)(F)F)c3)C3CC3)C2)c1)C(=O)N1CCN(C(=O)O)CC1. The van der Waals surface area contributed by atoms with E-state index in [9.17, 15) is 32.7 Å². The van der Waals surface area contributed by atoms with Gasteiger partial charge in [-0.05, 0) is 69.4 Å². The number of nitrogens with zero attached hydrogens (tertiary/aromatic N) is 4. The van der Waals surface area contributed by atoms with Crippen LogP contribution in [0.15, 0.2) is 46.9 Å². The summed E-state index contributed by atoms with van der Waals surface area (Å²) >= 11 is 2.99. The van der Waals surface area contributed by atoms with Gasteiger partial charge in [-0.2, -0.15) is 13.2 Å². The van der Waals surface area contributed by atoms with Crippen molar-refractivity contribution in [1.29, 1.82) is 0 Å². The topological polar surface area (TPSA) is 93.6 Å². The molecule has 1 saturated carbocycles. The molecule has 5 rings (SSSR count). The zero-order chi connectivity index (χ0) is 32.5. The maximum Gasteiger partial charge on any atom is 0.417 e. The van der Waals surface area contributed by atoms with E-state index in [2.05, 4.69) is 20.8 Å². The number of hydrogen-bond acceptors (Lipinski definition) is 5. The molecule has 2 aromatic rings. The Hall–Kier alpha value is -3.48. The number of halogens is 4. The molecular formula is C32H38BrF3N4O5. The maximum absolute atomic E-state index is 13.8. The van der Waals surface area contributed by atoms with Gasteiger partial charge in [0.05, 0.1) is 11.5 Å². The van der Waals surface area contributed by atoms with Crippen molar-refractivity contribution < 1.29 is 37.4 Å². The van der Waals surface area contributed by atoms with E-state index in [1.54, 1.807) is 35.8 Å². The van der Waals surface area contributed by atoms with Gasteiger partial charge in [0.2, 0.25) is 5.91 Å². The van der Waals surface area contributed by atoms with Gasteiger partial charge in [-0.25, -0.2) is 4.79 Å². The van der Waals surface area contributed by atoms with Crippen molar-refractivity contribution in [1.82, 2.24) is 14.7 Å². The molecule has 2 aliphatic heterocycles. The average Bonchev–Trinajstić information content (AvgIpc) is 3.85. The van der Waals surface area contributed by atoms with Gasteiger partial charge in [-0.3, -0.25) is 9.59 Å². The molecule has 2 saturated heterocycles. The van der Waals surface area contributed by atoms with Crippen molar-refractivity contribution in [3.8, 4) is 5.75 Å². The van der Waals surface area contributed by atoms with Crippen LogP contribution in [0.4, 0.5) is 23.7 Å². The van der Waals surface area contributed by atoms with E-state index in [4.69, 9.17) is 4.74 Å². The Morgan fingerprint density at radius 3 is 2.31 bits per heavy atom. The van der Waals surface area contributed by atoms with Gasteiger partial charge in [0.1, 0.15) is 5.75 Å². The number of hydrogen-bond donors (Lipinski definition) is 1. The first kappa shape index (κ1) is 32.9. The fraction of sp³-hybridized carbons (Fsp3) is 0.531. The summed E-state index contributed by atoms with van der Waals surface area (Å²) in [6.45, 7) is 5.80. The molecule has 1 N–H and O–H groups in total. The largest absolute Gasteiger partial charge is 0.478 e. The van der Waals surface area contributed by atoms with Gasteiger partial charge in [-0.1, -0.05) is 28.1 Å². The lowest BCUT2D eigenvalue weighted by molar-refractivity contribution is -0.147. The number of anilines is 1. The summed E-state index contributed by atoms with van der Waals surface area (Å²) < 4.78 is 46.7. The Bertz CT molecular complexity index is 1430. The van der Waals surface area contributed by atoms with Crippen molar-refractivity contribution in [3.05, 3.63) is 58.1 Å². The molecular weight excluding hydrogens is 657 g/mol. The van der Waals surface area contributed by atoms with Gasteiger partial charge >= 0.3 is 12.3 Å². The highest BCUT2D eigenvalue weighted by Gasteiger charge is 2.39. The first-order chi connectivity index (χ1) is 21.2. The third-order valence-electron chi connectivity index (χ3n) is 8.64. The summed E-state index contributed by atoms with van der Waals surface area (Å²) in [5, 5.41) is 9.19. The highest BCUT2D eigenvalue weighted by atomic mass is 79.9. The number of carboxylic acid groups (broad SMARTS) is 1. The van der Waals surface area contributed by atoms with Crippen LogP contribution < -0.4 is 9.64 Å². The lowest BCUT2D eigenvalue weighted by Gasteiger charge is -2.38. The van der Waals surface area contributed by atoms with Gasteiger partial charge in [0.25, 0.3) is 5.91 Å². The molecule has 3 aliphatic rings. The van der Waals surface area contributed by atoms with E-state index >= 15 is 0 Å². The second-order valence-corrected chi connectivity index (χ2v) is 13.3. The highest BCUT2D eigenvalue weighted by Crippen LogP contribution is 2.37. The summed E-state index contributed by atoms with van der Waals surface area (Å²) in [6, 6.07) is 11.6. The Balaban J connectivity index is 1.24. The molecule has 0 bridgehead atoms. The number of ether oxygens (including phenoxy) is 1. The number of benzene rings is 2. The third kappa shape index (κ3) is 7.85. The third-order valence-corrected chi connectivity index (χ3v) is 9.33. The molecule has 13 heteroatoms. The van der Waals surface area contributed by atoms with Crippen molar-refractivity contribution in [2.24, 2.45) is 5.92 Å². The molecule has 1 atom stereocenters. The number of amides is 3. The second kappa shape index (κ2) is 13.1. The Morgan fingerprint density at radius 1 is 0.978 bits per heavy atom. The summed E-state index contributed by atoms with van der Waals surface area (Å²) in [5.41, 5.74) is -0.637. The molecule has 2 heterocycles.